The normalized spacial score (nSPS) is 19.0. The molecule has 1 amide bonds. The lowest BCUT2D eigenvalue weighted by Crippen LogP contribution is -2.52. The number of carbonyl (C=O) groups excluding carboxylic acids is 1. The van der Waals surface area contributed by atoms with Crippen LogP contribution in [0.15, 0.2) is 18.2 Å². The third-order valence-electron chi connectivity index (χ3n) is 3.27. The second kappa shape index (κ2) is 5.79. The summed E-state index contributed by atoms with van der Waals surface area (Å²) < 4.78 is 44.0. The van der Waals surface area contributed by atoms with Crippen LogP contribution in [-0.2, 0) is 15.7 Å². The van der Waals surface area contributed by atoms with E-state index in [0.29, 0.717) is 6.07 Å². The van der Waals surface area contributed by atoms with Gasteiger partial charge >= 0.3 is 6.18 Å². The molecule has 1 fully saturated rings. The molecule has 22 heavy (non-hydrogen) atoms. The fraction of sp³-hybridized carbons (Fsp3) is 0.417. The SMILES string of the molecule is NC(=O)C1COCCN1c1ccc([N+](=O)[O-])c(C(F)(F)F)c1. The van der Waals surface area contributed by atoms with E-state index in [1.165, 1.54) is 4.90 Å². The first-order valence-corrected chi connectivity index (χ1v) is 6.21. The zero-order chi connectivity index (χ0) is 16.5. The number of hydrogen-bond donors (Lipinski definition) is 1. The number of primary amides is 1. The number of carbonyl (C=O) groups is 1. The van der Waals surface area contributed by atoms with Gasteiger partial charge in [-0.25, -0.2) is 0 Å². The second-order valence-electron chi connectivity index (χ2n) is 4.64. The smallest absolute Gasteiger partial charge is 0.377 e. The number of alkyl halides is 3. The van der Waals surface area contributed by atoms with E-state index >= 15 is 0 Å². The lowest BCUT2D eigenvalue weighted by Gasteiger charge is -2.35. The van der Waals surface area contributed by atoms with E-state index in [1.807, 2.05) is 0 Å². The van der Waals surface area contributed by atoms with Crippen LogP contribution in [0.1, 0.15) is 5.56 Å². The molecule has 10 heteroatoms. The minimum atomic E-state index is -4.88. The summed E-state index contributed by atoms with van der Waals surface area (Å²) in [5, 5.41) is 10.7. The van der Waals surface area contributed by atoms with E-state index in [9.17, 15) is 28.1 Å². The molecule has 1 heterocycles. The summed E-state index contributed by atoms with van der Waals surface area (Å²) in [6.07, 6.45) is -4.88. The van der Waals surface area contributed by atoms with Gasteiger partial charge in [0.2, 0.25) is 5.91 Å². The monoisotopic (exact) mass is 319 g/mol. The number of rotatable bonds is 3. The van der Waals surface area contributed by atoms with Crippen LogP contribution in [0.2, 0.25) is 0 Å². The van der Waals surface area contributed by atoms with Crippen molar-refractivity contribution >= 4 is 17.3 Å². The first-order chi connectivity index (χ1) is 10.2. The Bertz CT molecular complexity index is 606. The van der Waals surface area contributed by atoms with Crippen LogP contribution >= 0.6 is 0 Å². The fourth-order valence-electron chi connectivity index (χ4n) is 2.24. The van der Waals surface area contributed by atoms with Gasteiger partial charge < -0.3 is 15.4 Å². The van der Waals surface area contributed by atoms with Crippen LogP contribution in [-0.4, -0.2) is 36.6 Å². The highest BCUT2D eigenvalue weighted by molar-refractivity contribution is 5.84. The number of halogens is 3. The minimum Gasteiger partial charge on any atom is -0.377 e. The van der Waals surface area contributed by atoms with Crippen LogP contribution in [0.25, 0.3) is 0 Å². The van der Waals surface area contributed by atoms with Crippen molar-refractivity contribution in [1.82, 2.24) is 0 Å². The number of benzene rings is 1. The number of ether oxygens (including phenoxy) is 1. The number of nitro benzene ring substituents is 1. The van der Waals surface area contributed by atoms with Crippen molar-refractivity contribution in [2.75, 3.05) is 24.7 Å². The van der Waals surface area contributed by atoms with Gasteiger partial charge in [0.05, 0.1) is 18.1 Å². The molecular weight excluding hydrogens is 307 g/mol. The summed E-state index contributed by atoms with van der Waals surface area (Å²) in [4.78, 5) is 22.3. The van der Waals surface area contributed by atoms with Crippen LogP contribution in [0.3, 0.4) is 0 Å². The molecule has 1 saturated heterocycles. The van der Waals surface area contributed by atoms with E-state index in [1.54, 1.807) is 0 Å². The standard InChI is InChI=1S/C12H12F3N3O4/c13-12(14,15)8-5-7(1-2-9(8)18(20)21)17-3-4-22-6-10(17)11(16)19/h1-2,5,10H,3-4,6H2,(H2,16,19). The van der Waals surface area contributed by atoms with E-state index in [4.69, 9.17) is 10.5 Å². The third-order valence-corrected chi connectivity index (χ3v) is 3.27. The summed E-state index contributed by atoms with van der Waals surface area (Å²) in [7, 11) is 0. The Morgan fingerprint density at radius 3 is 2.68 bits per heavy atom. The van der Waals surface area contributed by atoms with Crippen LogP contribution < -0.4 is 10.6 Å². The molecule has 0 saturated carbocycles. The molecule has 1 atom stereocenters. The lowest BCUT2D eigenvalue weighted by atomic mass is 10.1. The molecule has 1 aromatic rings. The van der Waals surface area contributed by atoms with Crippen molar-refractivity contribution in [3.8, 4) is 0 Å². The largest absolute Gasteiger partial charge is 0.423 e. The number of hydrogen-bond acceptors (Lipinski definition) is 5. The highest BCUT2D eigenvalue weighted by atomic mass is 19.4. The zero-order valence-electron chi connectivity index (χ0n) is 11.2. The Morgan fingerprint density at radius 1 is 1.45 bits per heavy atom. The predicted molar refractivity (Wildman–Crippen MR) is 69.2 cm³/mol. The average Bonchev–Trinajstić information content (AvgIpc) is 2.45. The number of nitrogens with zero attached hydrogens (tertiary/aromatic N) is 2. The molecule has 120 valence electrons. The van der Waals surface area contributed by atoms with Gasteiger partial charge in [0.25, 0.3) is 5.69 Å². The van der Waals surface area contributed by atoms with Gasteiger partial charge in [0.1, 0.15) is 11.6 Å². The highest BCUT2D eigenvalue weighted by Crippen LogP contribution is 2.38. The molecule has 7 nitrogen and oxygen atoms in total. The average molecular weight is 319 g/mol. The van der Waals surface area contributed by atoms with Gasteiger partial charge in [0, 0.05) is 18.3 Å². The first-order valence-electron chi connectivity index (χ1n) is 6.21. The van der Waals surface area contributed by atoms with Crippen molar-refractivity contribution in [2.24, 2.45) is 5.73 Å². The lowest BCUT2D eigenvalue weighted by molar-refractivity contribution is -0.388. The summed E-state index contributed by atoms with van der Waals surface area (Å²) in [5.74, 6) is -0.744. The van der Waals surface area contributed by atoms with Gasteiger partial charge in [-0.3, -0.25) is 14.9 Å². The van der Waals surface area contributed by atoms with Gasteiger partial charge in [-0.05, 0) is 12.1 Å². The quantitative estimate of drug-likeness (QED) is 0.669. The summed E-state index contributed by atoms with van der Waals surface area (Å²) >= 11 is 0. The molecule has 1 aliphatic rings. The van der Waals surface area contributed by atoms with Crippen molar-refractivity contribution in [3.63, 3.8) is 0 Å². The van der Waals surface area contributed by atoms with Crippen LogP contribution in [0, 0.1) is 10.1 Å². The Hall–Kier alpha value is -2.36. The van der Waals surface area contributed by atoms with Crippen molar-refractivity contribution in [2.45, 2.75) is 12.2 Å². The molecule has 0 aromatic heterocycles. The summed E-state index contributed by atoms with van der Waals surface area (Å²) in [6.45, 7) is 0.318. The maximum absolute atomic E-state index is 13.0. The van der Waals surface area contributed by atoms with Crippen molar-refractivity contribution in [3.05, 3.63) is 33.9 Å². The van der Waals surface area contributed by atoms with E-state index < -0.39 is 34.3 Å². The Labute approximate surface area is 122 Å². The Balaban J connectivity index is 2.47. The summed E-state index contributed by atoms with van der Waals surface area (Å²) in [5.41, 5.74) is 2.83. The molecule has 0 spiro atoms. The molecule has 2 rings (SSSR count). The van der Waals surface area contributed by atoms with Crippen LogP contribution in [0.5, 0.6) is 0 Å². The molecule has 1 aromatic carbocycles. The minimum absolute atomic E-state index is 0.0324. The fourth-order valence-corrected chi connectivity index (χ4v) is 2.24. The molecule has 0 aliphatic carbocycles. The number of nitro groups is 1. The molecule has 0 bridgehead atoms. The summed E-state index contributed by atoms with van der Waals surface area (Å²) in [6, 6.07) is 1.66. The highest BCUT2D eigenvalue weighted by Gasteiger charge is 2.39. The topological polar surface area (TPSA) is 98.7 Å². The van der Waals surface area contributed by atoms with Crippen molar-refractivity contribution in [1.29, 1.82) is 0 Å². The Kier molecular flexibility index (Phi) is 4.22. The number of amides is 1. The molecule has 0 radical (unpaired) electrons. The maximum atomic E-state index is 13.0. The van der Waals surface area contributed by atoms with E-state index in [2.05, 4.69) is 0 Å². The molecule has 1 aliphatic heterocycles. The van der Waals surface area contributed by atoms with Gasteiger partial charge in [0.15, 0.2) is 0 Å². The number of nitrogens with two attached hydrogens (primary N) is 1. The van der Waals surface area contributed by atoms with Gasteiger partial charge in [-0.2, -0.15) is 13.2 Å². The first kappa shape index (κ1) is 16.0. The zero-order valence-corrected chi connectivity index (χ0v) is 11.2. The maximum Gasteiger partial charge on any atom is 0.423 e. The molecular formula is C12H12F3N3O4. The van der Waals surface area contributed by atoms with E-state index in [-0.39, 0.29) is 25.4 Å². The van der Waals surface area contributed by atoms with Crippen molar-refractivity contribution < 1.29 is 27.6 Å². The van der Waals surface area contributed by atoms with E-state index in [0.717, 1.165) is 12.1 Å². The van der Waals surface area contributed by atoms with Gasteiger partial charge in [-0.15, -0.1) is 0 Å². The third kappa shape index (κ3) is 3.11. The predicted octanol–water partition coefficient (Wildman–Crippen LogP) is 1.30. The van der Waals surface area contributed by atoms with Gasteiger partial charge in [-0.1, -0.05) is 0 Å². The molecule has 1 unspecified atom stereocenters. The second-order valence-corrected chi connectivity index (χ2v) is 4.64. The Morgan fingerprint density at radius 2 is 2.14 bits per heavy atom. The van der Waals surface area contributed by atoms with Crippen LogP contribution in [0.4, 0.5) is 24.5 Å². The molecule has 2 N–H and O–H groups in total. The number of anilines is 1. The number of morpholine rings is 1.